The lowest BCUT2D eigenvalue weighted by Gasteiger charge is -2.00. The van der Waals surface area contributed by atoms with Crippen LogP contribution in [0.4, 0.5) is 5.69 Å². The van der Waals surface area contributed by atoms with E-state index in [2.05, 4.69) is 30.9 Å². The number of esters is 1. The third-order valence-electron chi connectivity index (χ3n) is 2.21. The standard InChI is InChI=1S/C9H6BrN3O4/c1-17-9(14)4-2-5-7(8(10)12-11-5)6(3-4)13(15)16/h2-3H,1H3,(H,11,12). The van der Waals surface area contributed by atoms with E-state index < -0.39 is 10.9 Å². The lowest BCUT2D eigenvalue weighted by Crippen LogP contribution is -2.02. The zero-order chi connectivity index (χ0) is 12.6. The fourth-order valence-electron chi connectivity index (χ4n) is 1.47. The molecule has 0 radical (unpaired) electrons. The van der Waals surface area contributed by atoms with Gasteiger partial charge in [0.15, 0.2) is 0 Å². The van der Waals surface area contributed by atoms with E-state index in [1.807, 2.05) is 0 Å². The molecule has 1 N–H and O–H groups in total. The highest BCUT2D eigenvalue weighted by Crippen LogP contribution is 2.31. The van der Waals surface area contributed by atoms with Gasteiger partial charge in [-0.05, 0) is 22.0 Å². The number of hydrogen-bond acceptors (Lipinski definition) is 5. The van der Waals surface area contributed by atoms with Crippen LogP contribution in [0.5, 0.6) is 0 Å². The monoisotopic (exact) mass is 299 g/mol. The number of aromatic amines is 1. The van der Waals surface area contributed by atoms with Gasteiger partial charge in [0.25, 0.3) is 5.69 Å². The van der Waals surface area contributed by atoms with Gasteiger partial charge in [-0.3, -0.25) is 15.2 Å². The first kappa shape index (κ1) is 11.5. The number of methoxy groups -OCH3 is 1. The van der Waals surface area contributed by atoms with E-state index >= 15 is 0 Å². The summed E-state index contributed by atoms with van der Waals surface area (Å²) in [6, 6.07) is 2.59. The predicted molar refractivity (Wildman–Crippen MR) is 61.8 cm³/mol. The summed E-state index contributed by atoms with van der Waals surface area (Å²) in [6.45, 7) is 0. The summed E-state index contributed by atoms with van der Waals surface area (Å²) in [5.74, 6) is -0.644. The molecule has 2 aromatic rings. The van der Waals surface area contributed by atoms with Crippen molar-refractivity contribution in [3.63, 3.8) is 0 Å². The molecule has 17 heavy (non-hydrogen) atoms. The Morgan fingerprint density at radius 1 is 1.59 bits per heavy atom. The average molecular weight is 300 g/mol. The van der Waals surface area contributed by atoms with Gasteiger partial charge >= 0.3 is 5.97 Å². The van der Waals surface area contributed by atoms with Gasteiger partial charge in [-0.15, -0.1) is 0 Å². The Kier molecular flexibility index (Phi) is 2.80. The van der Waals surface area contributed by atoms with Crippen LogP contribution in [0.15, 0.2) is 16.7 Å². The molecular formula is C9H6BrN3O4. The van der Waals surface area contributed by atoms with E-state index in [-0.39, 0.29) is 11.3 Å². The number of nitrogens with one attached hydrogen (secondary N) is 1. The molecule has 0 aliphatic carbocycles. The Balaban J connectivity index is 2.77. The average Bonchev–Trinajstić information content (AvgIpc) is 2.69. The number of non-ortho nitro benzene ring substituents is 1. The van der Waals surface area contributed by atoms with Crippen LogP contribution in [0.25, 0.3) is 10.9 Å². The van der Waals surface area contributed by atoms with E-state index in [0.717, 1.165) is 6.07 Å². The number of rotatable bonds is 2. The maximum absolute atomic E-state index is 11.3. The molecule has 0 aliphatic rings. The Bertz CT molecular complexity index is 622. The second kappa shape index (κ2) is 4.13. The van der Waals surface area contributed by atoms with Gasteiger partial charge in [-0.25, -0.2) is 4.79 Å². The van der Waals surface area contributed by atoms with Crippen molar-refractivity contribution in [2.45, 2.75) is 0 Å². The summed E-state index contributed by atoms with van der Waals surface area (Å²) in [5, 5.41) is 17.7. The zero-order valence-electron chi connectivity index (χ0n) is 8.56. The molecule has 7 nitrogen and oxygen atoms in total. The Labute approximate surface area is 103 Å². The van der Waals surface area contributed by atoms with Crippen molar-refractivity contribution in [2.24, 2.45) is 0 Å². The first-order valence-corrected chi connectivity index (χ1v) is 5.24. The molecule has 88 valence electrons. The largest absolute Gasteiger partial charge is 0.465 e. The minimum Gasteiger partial charge on any atom is -0.465 e. The van der Waals surface area contributed by atoms with Crippen LogP contribution < -0.4 is 0 Å². The quantitative estimate of drug-likeness (QED) is 0.519. The summed E-state index contributed by atoms with van der Waals surface area (Å²) < 4.78 is 4.91. The Morgan fingerprint density at radius 2 is 2.29 bits per heavy atom. The van der Waals surface area contributed by atoms with Gasteiger partial charge < -0.3 is 4.74 Å². The molecule has 0 atom stereocenters. The van der Waals surface area contributed by atoms with Crippen LogP contribution in [0.3, 0.4) is 0 Å². The molecule has 1 aromatic carbocycles. The molecule has 8 heteroatoms. The number of carbonyl (C=O) groups is 1. The number of nitrogens with zero attached hydrogens (tertiary/aromatic N) is 2. The number of benzene rings is 1. The van der Waals surface area contributed by atoms with Gasteiger partial charge in [0.05, 0.1) is 17.6 Å². The summed E-state index contributed by atoms with van der Waals surface area (Å²) in [5.41, 5.74) is 0.209. The van der Waals surface area contributed by atoms with Crippen molar-refractivity contribution in [3.05, 3.63) is 32.4 Å². The molecule has 2 rings (SSSR count). The summed E-state index contributed by atoms with van der Waals surface area (Å²) in [6.07, 6.45) is 0. The molecule has 0 saturated carbocycles. The number of nitro benzene ring substituents is 1. The molecule has 1 heterocycles. The van der Waals surface area contributed by atoms with Crippen molar-refractivity contribution < 1.29 is 14.5 Å². The molecule has 0 fully saturated rings. The second-order valence-corrected chi connectivity index (χ2v) is 3.97. The minimum atomic E-state index is -0.644. The van der Waals surface area contributed by atoms with E-state index in [1.54, 1.807) is 0 Å². The Hall–Kier alpha value is -1.96. The van der Waals surface area contributed by atoms with Crippen molar-refractivity contribution in [1.29, 1.82) is 0 Å². The third kappa shape index (κ3) is 1.86. The van der Waals surface area contributed by atoms with Crippen LogP contribution in [0.2, 0.25) is 0 Å². The summed E-state index contributed by atoms with van der Waals surface area (Å²) in [4.78, 5) is 21.7. The van der Waals surface area contributed by atoms with Crippen LogP contribution in [-0.4, -0.2) is 28.2 Å². The fraction of sp³-hybridized carbons (Fsp3) is 0.111. The molecule has 0 amide bonds. The number of ether oxygens (including phenoxy) is 1. The maximum atomic E-state index is 11.3. The van der Waals surface area contributed by atoms with Crippen LogP contribution >= 0.6 is 15.9 Å². The van der Waals surface area contributed by atoms with Gasteiger partial charge in [-0.1, -0.05) is 0 Å². The van der Waals surface area contributed by atoms with Crippen LogP contribution in [0.1, 0.15) is 10.4 Å². The lowest BCUT2D eigenvalue weighted by molar-refractivity contribution is -0.383. The number of carbonyl (C=O) groups excluding carboxylic acids is 1. The van der Waals surface area contributed by atoms with Crippen molar-refractivity contribution in [1.82, 2.24) is 10.2 Å². The van der Waals surface area contributed by atoms with E-state index in [1.165, 1.54) is 13.2 Å². The van der Waals surface area contributed by atoms with Gasteiger partial charge in [0, 0.05) is 6.07 Å². The molecule has 0 aliphatic heterocycles. The van der Waals surface area contributed by atoms with E-state index in [4.69, 9.17) is 0 Å². The fourth-order valence-corrected chi connectivity index (χ4v) is 1.96. The smallest absolute Gasteiger partial charge is 0.338 e. The molecule has 0 unspecified atom stereocenters. The second-order valence-electron chi connectivity index (χ2n) is 3.18. The molecular weight excluding hydrogens is 294 g/mol. The molecule has 0 bridgehead atoms. The van der Waals surface area contributed by atoms with E-state index in [9.17, 15) is 14.9 Å². The number of H-pyrrole nitrogens is 1. The lowest BCUT2D eigenvalue weighted by atomic mass is 10.1. The molecule has 1 aromatic heterocycles. The van der Waals surface area contributed by atoms with Crippen molar-refractivity contribution in [3.8, 4) is 0 Å². The summed E-state index contributed by atoms with van der Waals surface area (Å²) >= 11 is 3.13. The van der Waals surface area contributed by atoms with Crippen LogP contribution in [-0.2, 0) is 4.74 Å². The normalized spacial score (nSPS) is 10.5. The zero-order valence-corrected chi connectivity index (χ0v) is 10.1. The van der Waals surface area contributed by atoms with Crippen molar-refractivity contribution >= 4 is 38.5 Å². The molecule has 0 spiro atoms. The number of aromatic nitrogens is 2. The number of fused-ring (bicyclic) bond motifs is 1. The highest BCUT2D eigenvalue weighted by atomic mass is 79.9. The van der Waals surface area contributed by atoms with Crippen molar-refractivity contribution in [2.75, 3.05) is 7.11 Å². The topological polar surface area (TPSA) is 98.1 Å². The number of hydrogen-bond donors (Lipinski definition) is 1. The maximum Gasteiger partial charge on any atom is 0.338 e. The van der Waals surface area contributed by atoms with Gasteiger partial charge in [0.2, 0.25) is 0 Å². The number of halogens is 1. The molecule has 0 saturated heterocycles. The minimum absolute atomic E-state index is 0.0886. The van der Waals surface area contributed by atoms with Gasteiger partial charge in [-0.2, -0.15) is 5.10 Å². The van der Waals surface area contributed by atoms with Crippen LogP contribution in [0, 0.1) is 10.1 Å². The number of nitro groups is 1. The highest BCUT2D eigenvalue weighted by Gasteiger charge is 2.21. The predicted octanol–water partition coefficient (Wildman–Crippen LogP) is 2.02. The third-order valence-corrected chi connectivity index (χ3v) is 2.78. The first-order chi connectivity index (χ1) is 8.04. The highest BCUT2D eigenvalue weighted by molar-refractivity contribution is 9.10. The van der Waals surface area contributed by atoms with E-state index in [0.29, 0.717) is 15.5 Å². The van der Waals surface area contributed by atoms with Gasteiger partial charge in [0.1, 0.15) is 15.5 Å². The summed E-state index contributed by atoms with van der Waals surface area (Å²) in [7, 11) is 1.21. The first-order valence-electron chi connectivity index (χ1n) is 4.45. The Morgan fingerprint density at radius 3 is 2.88 bits per heavy atom. The SMILES string of the molecule is COC(=O)c1cc([N+](=O)[O-])c2c(Br)[nH]nc2c1.